The Labute approximate surface area is 129 Å². The van der Waals surface area contributed by atoms with Crippen molar-refractivity contribution in [2.24, 2.45) is 0 Å². The molecule has 0 aliphatic rings. The molecule has 1 heterocycles. The van der Waals surface area contributed by atoms with Crippen molar-refractivity contribution in [2.45, 2.75) is 20.0 Å². The molecule has 0 unspecified atom stereocenters. The summed E-state index contributed by atoms with van der Waals surface area (Å²) < 4.78 is 11.5. The van der Waals surface area contributed by atoms with E-state index in [1.54, 1.807) is 12.1 Å². The van der Waals surface area contributed by atoms with E-state index in [1.165, 1.54) is 7.11 Å². The van der Waals surface area contributed by atoms with Crippen molar-refractivity contribution in [3.8, 4) is 11.5 Å². The molecule has 112 valence electrons. The summed E-state index contributed by atoms with van der Waals surface area (Å²) in [5.41, 5.74) is 0.334. The third kappa shape index (κ3) is 3.69. The van der Waals surface area contributed by atoms with Gasteiger partial charge in [-0.15, -0.1) is 5.10 Å². The number of hydrogen-bond donors (Lipinski definition) is 2. The molecule has 0 radical (unpaired) electrons. The first-order valence-corrected chi connectivity index (χ1v) is 6.89. The van der Waals surface area contributed by atoms with E-state index < -0.39 is 5.91 Å². The van der Waals surface area contributed by atoms with Crippen LogP contribution in [0.25, 0.3) is 0 Å². The lowest BCUT2D eigenvalue weighted by Gasteiger charge is -2.15. The number of aromatic amines is 1. The van der Waals surface area contributed by atoms with Gasteiger partial charge in [-0.2, -0.15) is 5.21 Å². The number of nitrogens with zero attached hydrogens (tertiary/aromatic N) is 3. The number of benzene rings is 1. The van der Waals surface area contributed by atoms with Crippen LogP contribution >= 0.6 is 15.9 Å². The fraction of sp³-hybridized carbons (Fsp3) is 0.333. The molecule has 21 heavy (non-hydrogen) atoms. The Kier molecular flexibility index (Phi) is 4.73. The molecule has 0 aliphatic heterocycles. The predicted molar refractivity (Wildman–Crippen MR) is 78.6 cm³/mol. The summed E-state index contributed by atoms with van der Waals surface area (Å²) in [6, 6.07) is 3.27. The van der Waals surface area contributed by atoms with Crippen LogP contribution in [-0.2, 0) is 0 Å². The van der Waals surface area contributed by atoms with Gasteiger partial charge < -0.3 is 9.47 Å². The summed E-state index contributed by atoms with van der Waals surface area (Å²) in [4.78, 5) is 12.3. The lowest BCUT2D eigenvalue weighted by atomic mass is 10.1. The van der Waals surface area contributed by atoms with Crippen molar-refractivity contribution in [2.75, 3.05) is 12.4 Å². The molecule has 1 amide bonds. The van der Waals surface area contributed by atoms with Crippen molar-refractivity contribution in [3.63, 3.8) is 0 Å². The van der Waals surface area contributed by atoms with Crippen molar-refractivity contribution >= 4 is 27.8 Å². The van der Waals surface area contributed by atoms with Crippen LogP contribution in [0, 0.1) is 0 Å². The van der Waals surface area contributed by atoms with Gasteiger partial charge in [0, 0.05) is 6.07 Å². The van der Waals surface area contributed by atoms with Crippen LogP contribution in [0.15, 0.2) is 16.6 Å². The smallest absolute Gasteiger partial charge is 0.270 e. The van der Waals surface area contributed by atoms with Crippen molar-refractivity contribution in [1.82, 2.24) is 20.6 Å². The summed E-state index contributed by atoms with van der Waals surface area (Å²) in [6.07, 6.45) is -0.0902. The number of methoxy groups -OCH3 is 1. The minimum absolute atomic E-state index is 0.0856. The molecule has 9 heteroatoms. The number of aromatic nitrogens is 4. The Balaban J connectivity index is 2.35. The number of carbonyl (C=O) groups is 1. The molecule has 0 aliphatic carbocycles. The van der Waals surface area contributed by atoms with E-state index in [4.69, 9.17) is 9.47 Å². The highest BCUT2D eigenvalue weighted by molar-refractivity contribution is 9.10. The van der Waals surface area contributed by atoms with E-state index in [0.717, 1.165) is 0 Å². The van der Waals surface area contributed by atoms with Gasteiger partial charge in [0.05, 0.1) is 23.2 Å². The highest BCUT2D eigenvalue weighted by atomic mass is 79.9. The molecule has 1 aromatic carbocycles. The Bertz CT molecular complexity index is 630. The van der Waals surface area contributed by atoms with Gasteiger partial charge in [-0.05, 0) is 41.1 Å². The number of anilines is 1. The zero-order chi connectivity index (χ0) is 15.4. The average Bonchev–Trinajstić information content (AvgIpc) is 2.92. The third-order valence-electron chi connectivity index (χ3n) is 2.43. The van der Waals surface area contributed by atoms with E-state index >= 15 is 0 Å². The second kappa shape index (κ2) is 6.53. The quantitative estimate of drug-likeness (QED) is 0.850. The number of hydrogen-bond acceptors (Lipinski definition) is 6. The maximum atomic E-state index is 12.3. The van der Waals surface area contributed by atoms with Gasteiger partial charge >= 0.3 is 0 Å². The molecule has 0 bridgehead atoms. The highest BCUT2D eigenvalue weighted by Gasteiger charge is 2.18. The molecule has 0 saturated carbocycles. The molecule has 0 saturated heterocycles. The van der Waals surface area contributed by atoms with Crippen molar-refractivity contribution < 1.29 is 14.3 Å². The number of ether oxygens (including phenoxy) is 2. The number of carbonyl (C=O) groups excluding carboxylic acids is 1. The largest absolute Gasteiger partial charge is 0.495 e. The molecule has 8 nitrogen and oxygen atoms in total. The van der Waals surface area contributed by atoms with E-state index in [0.29, 0.717) is 21.5 Å². The standard InChI is InChI=1S/C12H14BrN5O3/c1-6(2)21-9-5-10(20-3)8(13)4-7(9)11(19)14-12-15-17-18-16-12/h4-6H,1-3H3,(H2,14,15,16,17,18,19). The summed E-state index contributed by atoms with van der Waals surface area (Å²) in [6.45, 7) is 3.74. The molecule has 2 rings (SSSR count). The van der Waals surface area contributed by atoms with Crippen LogP contribution < -0.4 is 14.8 Å². The van der Waals surface area contributed by atoms with Crippen LogP contribution in [0.4, 0.5) is 5.95 Å². The Morgan fingerprint density at radius 2 is 2.14 bits per heavy atom. The fourth-order valence-corrected chi connectivity index (χ4v) is 2.11. The summed E-state index contributed by atoms with van der Waals surface area (Å²) in [5, 5.41) is 15.5. The maximum Gasteiger partial charge on any atom is 0.270 e. The second-order valence-corrected chi connectivity index (χ2v) is 5.19. The zero-order valence-corrected chi connectivity index (χ0v) is 13.3. The van der Waals surface area contributed by atoms with E-state index in [-0.39, 0.29) is 12.1 Å². The number of amides is 1. The van der Waals surface area contributed by atoms with E-state index in [9.17, 15) is 4.79 Å². The number of tetrazole rings is 1. The Morgan fingerprint density at radius 3 is 2.71 bits per heavy atom. The van der Waals surface area contributed by atoms with Gasteiger partial charge in [-0.3, -0.25) is 10.1 Å². The van der Waals surface area contributed by atoms with E-state index in [2.05, 4.69) is 41.9 Å². The van der Waals surface area contributed by atoms with Gasteiger partial charge in [0.25, 0.3) is 11.9 Å². The molecule has 1 aromatic heterocycles. The SMILES string of the molecule is COc1cc(OC(C)C)c(C(=O)Nc2nn[nH]n2)cc1Br. The van der Waals surface area contributed by atoms with Crippen LogP contribution in [-0.4, -0.2) is 39.7 Å². The molecule has 0 atom stereocenters. The number of rotatable bonds is 5. The van der Waals surface area contributed by atoms with Gasteiger partial charge in [-0.25, -0.2) is 0 Å². The topological polar surface area (TPSA) is 102 Å². The molecule has 0 fully saturated rings. The summed E-state index contributed by atoms with van der Waals surface area (Å²) in [7, 11) is 1.54. The highest BCUT2D eigenvalue weighted by Crippen LogP contribution is 2.33. The fourth-order valence-electron chi connectivity index (χ4n) is 1.60. The minimum Gasteiger partial charge on any atom is -0.495 e. The first-order valence-electron chi connectivity index (χ1n) is 6.10. The third-order valence-corrected chi connectivity index (χ3v) is 3.05. The second-order valence-electron chi connectivity index (χ2n) is 4.34. The minimum atomic E-state index is -0.407. The van der Waals surface area contributed by atoms with Crippen LogP contribution in [0.5, 0.6) is 11.5 Å². The zero-order valence-electron chi connectivity index (χ0n) is 11.7. The summed E-state index contributed by atoms with van der Waals surface area (Å²) >= 11 is 3.34. The molecular weight excluding hydrogens is 342 g/mol. The van der Waals surface area contributed by atoms with Crippen molar-refractivity contribution in [1.29, 1.82) is 0 Å². The van der Waals surface area contributed by atoms with Crippen LogP contribution in [0.2, 0.25) is 0 Å². The molecule has 2 aromatic rings. The van der Waals surface area contributed by atoms with Crippen LogP contribution in [0.1, 0.15) is 24.2 Å². The maximum absolute atomic E-state index is 12.3. The Morgan fingerprint density at radius 1 is 1.38 bits per heavy atom. The van der Waals surface area contributed by atoms with Gasteiger partial charge in [-0.1, -0.05) is 5.10 Å². The first-order chi connectivity index (χ1) is 10.0. The molecule has 2 N–H and O–H groups in total. The predicted octanol–water partition coefficient (Wildman–Crippen LogP) is 2.01. The lowest BCUT2D eigenvalue weighted by molar-refractivity contribution is 0.102. The number of nitrogens with one attached hydrogen (secondary N) is 2. The number of halogens is 1. The molecule has 0 spiro atoms. The van der Waals surface area contributed by atoms with Gasteiger partial charge in [0.1, 0.15) is 11.5 Å². The Hall–Kier alpha value is -2.16. The molecular formula is C12H14BrN5O3. The normalized spacial score (nSPS) is 10.5. The van der Waals surface area contributed by atoms with Gasteiger partial charge in [0.15, 0.2) is 0 Å². The summed E-state index contributed by atoms with van der Waals surface area (Å²) in [5.74, 6) is 0.658. The number of H-pyrrole nitrogens is 1. The van der Waals surface area contributed by atoms with Crippen molar-refractivity contribution in [3.05, 3.63) is 22.2 Å². The first kappa shape index (κ1) is 15.2. The average molecular weight is 356 g/mol. The van der Waals surface area contributed by atoms with E-state index in [1.807, 2.05) is 13.8 Å². The monoisotopic (exact) mass is 355 g/mol. The van der Waals surface area contributed by atoms with Gasteiger partial charge in [0.2, 0.25) is 0 Å². The van der Waals surface area contributed by atoms with Crippen LogP contribution in [0.3, 0.4) is 0 Å². The lowest BCUT2D eigenvalue weighted by Crippen LogP contribution is -2.16.